The fraction of sp³-hybridized carbons (Fsp3) is 0.579. The first kappa shape index (κ1) is 20.0. The predicted molar refractivity (Wildman–Crippen MR) is 108 cm³/mol. The second-order valence-corrected chi connectivity index (χ2v) is 9.89. The Morgan fingerprint density at radius 1 is 1.14 bits per heavy atom. The topological polar surface area (TPSA) is 110 Å². The molecule has 0 aliphatic carbocycles. The van der Waals surface area contributed by atoms with Gasteiger partial charge in [-0.05, 0) is 37.6 Å². The fourth-order valence-corrected chi connectivity index (χ4v) is 6.05. The van der Waals surface area contributed by atoms with Crippen LogP contribution >= 0.6 is 0 Å². The highest BCUT2D eigenvalue weighted by molar-refractivity contribution is 7.91. The lowest BCUT2D eigenvalue weighted by molar-refractivity contribution is -0.122. The summed E-state index contributed by atoms with van der Waals surface area (Å²) in [6, 6.07) is 9.17. The van der Waals surface area contributed by atoms with Gasteiger partial charge in [0.1, 0.15) is 0 Å². The van der Waals surface area contributed by atoms with Crippen molar-refractivity contribution < 1.29 is 13.2 Å². The zero-order chi connectivity index (χ0) is 20.3. The van der Waals surface area contributed by atoms with E-state index in [9.17, 15) is 13.2 Å². The molecule has 4 rings (SSSR count). The fourth-order valence-electron chi connectivity index (χ4n) is 4.10. The summed E-state index contributed by atoms with van der Waals surface area (Å²) >= 11 is 0. The molecule has 1 aromatic carbocycles. The summed E-state index contributed by atoms with van der Waals surface area (Å²) in [5.41, 5.74) is 0.895. The second kappa shape index (κ2) is 8.58. The molecule has 1 N–H and O–H groups in total. The molecule has 0 spiro atoms. The lowest BCUT2D eigenvalue weighted by atomic mass is 10.1. The summed E-state index contributed by atoms with van der Waals surface area (Å²) < 4.78 is 24.2. The zero-order valence-electron chi connectivity index (χ0n) is 16.3. The van der Waals surface area contributed by atoms with Crippen molar-refractivity contribution in [2.45, 2.75) is 44.3 Å². The third-order valence-electron chi connectivity index (χ3n) is 5.53. The Morgan fingerprint density at radius 2 is 1.90 bits per heavy atom. The summed E-state index contributed by atoms with van der Waals surface area (Å²) in [5.74, 6) is 0.605. The number of carbonyl (C=O) groups is 1. The lowest BCUT2D eigenvalue weighted by Crippen LogP contribution is -2.50. The Labute approximate surface area is 170 Å². The highest BCUT2D eigenvalue weighted by Gasteiger charge is 2.42. The van der Waals surface area contributed by atoms with E-state index in [-0.39, 0.29) is 29.5 Å². The van der Waals surface area contributed by atoms with E-state index in [1.54, 1.807) is 0 Å². The molecule has 1 aromatic heterocycles. The molecule has 156 valence electrons. The first-order valence-corrected chi connectivity index (χ1v) is 11.9. The molecule has 0 radical (unpaired) electrons. The maximum atomic E-state index is 12.4. The molecule has 2 saturated heterocycles. The van der Waals surface area contributed by atoms with Crippen LogP contribution in [0.25, 0.3) is 11.4 Å². The van der Waals surface area contributed by atoms with E-state index in [1.807, 2.05) is 30.3 Å². The number of sulfone groups is 1. The number of likely N-dealkylation sites (tertiary alicyclic amines) is 1. The Morgan fingerprint density at radius 3 is 2.66 bits per heavy atom. The maximum Gasteiger partial charge on any atom is 0.220 e. The van der Waals surface area contributed by atoms with Crippen molar-refractivity contribution in [3.63, 3.8) is 0 Å². The standard InChI is InChI=1S/C19H26N6O3S/c26-18(20-16-13-29(27,28)14-17(16)24-10-4-5-11-24)9-6-12-25-22-19(21-23-25)15-7-2-1-3-8-15/h1-3,7-8,16-17H,4-6,9-14H2,(H,20,26). The Kier molecular flexibility index (Phi) is 5.91. The van der Waals surface area contributed by atoms with E-state index in [2.05, 4.69) is 25.6 Å². The van der Waals surface area contributed by atoms with Crippen LogP contribution in [-0.2, 0) is 21.2 Å². The predicted octanol–water partition coefficient (Wildman–Crippen LogP) is 0.498. The zero-order valence-corrected chi connectivity index (χ0v) is 17.1. The summed E-state index contributed by atoms with van der Waals surface area (Å²) in [4.78, 5) is 16.1. The summed E-state index contributed by atoms with van der Waals surface area (Å²) in [5, 5.41) is 15.4. The third kappa shape index (κ3) is 4.99. The number of rotatable bonds is 7. The van der Waals surface area contributed by atoms with Crippen molar-refractivity contribution in [3.05, 3.63) is 30.3 Å². The van der Waals surface area contributed by atoms with Gasteiger partial charge in [-0.2, -0.15) is 4.80 Å². The van der Waals surface area contributed by atoms with E-state index in [1.165, 1.54) is 4.80 Å². The highest BCUT2D eigenvalue weighted by atomic mass is 32.2. The monoisotopic (exact) mass is 418 g/mol. The smallest absolute Gasteiger partial charge is 0.220 e. The maximum absolute atomic E-state index is 12.4. The van der Waals surface area contributed by atoms with E-state index in [0.717, 1.165) is 31.5 Å². The number of tetrazole rings is 1. The summed E-state index contributed by atoms with van der Waals surface area (Å²) in [6.07, 6.45) is 3.04. The highest BCUT2D eigenvalue weighted by Crippen LogP contribution is 2.22. The molecular weight excluding hydrogens is 392 g/mol. The summed E-state index contributed by atoms with van der Waals surface area (Å²) in [6.45, 7) is 2.30. The molecule has 0 saturated carbocycles. The molecule has 10 heteroatoms. The SMILES string of the molecule is O=C(CCCn1nnc(-c2ccccc2)n1)NC1CS(=O)(=O)CC1N1CCCC1. The average Bonchev–Trinajstić information content (AvgIpc) is 3.43. The van der Waals surface area contributed by atoms with Gasteiger partial charge in [0, 0.05) is 18.0 Å². The third-order valence-corrected chi connectivity index (χ3v) is 7.24. The second-order valence-electron chi connectivity index (χ2n) is 7.74. The van der Waals surface area contributed by atoms with Crippen LogP contribution in [0.3, 0.4) is 0 Å². The molecule has 2 aliphatic rings. The Bertz CT molecular complexity index is 940. The number of amides is 1. The van der Waals surface area contributed by atoms with Gasteiger partial charge in [-0.25, -0.2) is 8.42 Å². The number of aryl methyl sites for hydroxylation is 1. The number of hydrogen-bond acceptors (Lipinski definition) is 7. The Hall–Kier alpha value is -2.33. The van der Waals surface area contributed by atoms with E-state index in [4.69, 9.17) is 0 Å². The number of hydrogen-bond donors (Lipinski definition) is 1. The van der Waals surface area contributed by atoms with Crippen LogP contribution in [0.2, 0.25) is 0 Å². The molecule has 1 amide bonds. The minimum atomic E-state index is -3.10. The first-order chi connectivity index (χ1) is 14.0. The molecule has 9 nitrogen and oxygen atoms in total. The molecule has 0 bridgehead atoms. The van der Waals surface area contributed by atoms with Gasteiger partial charge >= 0.3 is 0 Å². The van der Waals surface area contributed by atoms with Crippen LogP contribution in [0.15, 0.2) is 30.3 Å². The molecule has 2 fully saturated rings. The molecule has 29 heavy (non-hydrogen) atoms. The molecule has 2 unspecified atom stereocenters. The number of nitrogens with one attached hydrogen (secondary N) is 1. The van der Waals surface area contributed by atoms with E-state index >= 15 is 0 Å². The number of benzene rings is 1. The summed E-state index contributed by atoms with van der Waals surface area (Å²) in [7, 11) is -3.10. The van der Waals surface area contributed by atoms with Gasteiger partial charge in [-0.15, -0.1) is 10.2 Å². The normalized spacial score (nSPS) is 24.0. The number of carbonyl (C=O) groups excluding carboxylic acids is 1. The van der Waals surface area contributed by atoms with Crippen molar-refractivity contribution in [1.29, 1.82) is 0 Å². The van der Waals surface area contributed by atoms with Crippen LogP contribution in [0, 0.1) is 0 Å². The van der Waals surface area contributed by atoms with Crippen molar-refractivity contribution in [3.8, 4) is 11.4 Å². The van der Waals surface area contributed by atoms with Crippen LogP contribution in [0.1, 0.15) is 25.7 Å². The van der Waals surface area contributed by atoms with E-state index in [0.29, 0.717) is 25.2 Å². The minimum absolute atomic E-state index is 0.0327. The molecule has 2 aromatic rings. The van der Waals surface area contributed by atoms with Gasteiger partial charge in [0.2, 0.25) is 11.7 Å². The number of aromatic nitrogens is 4. The minimum Gasteiger partial charge on any atom is -0.351 e. The quantitative estimate of drug-likeness (QED) is 0.697. The molecular formula is C19H26N6O3S. The van der Waals surface area contributed by atoms with Gasteiger partial charge < -0.3 is 5.32 Å². The van der Waals surface area contributed by atoms with Crippen LogP contribution in [0.4, 0.5) is 0 Å². The largest absolute Gasteiger partial charge is 0.351 e. The molecule has 3 heterocycles. The van der Waals surface area contributed by atoms with Gasteiger partial charge in [-0.1, -0.05) is 30.3 Å². The molecule has 2 atom stereocenters. The molecule has 2 aliphatic heterocycles. The van der Waals surface area contributed by atoms with Crippen LogP contribution in [-0.4, -0.2) is 76.1 Å². The van der Waals surface area contributed by atoms with Crippen molar-refractivity contribution in [1.82, 2.24) is 30.4 Å². The van der Waals surface area contributed by atoms with Crippen LogP contribution < -0.4 is 5.32 Å². The van der Waals surface area contributed by atoms with Gasteiger partial charge in [-0.3, -0.25) is 9.69 Å². The van der Waals surface area contributed by atoms with Gasteiger partial charge in [0.25, 0.3) is 0 Å². The Balaban J connectivity index is 1.27. The van der Waals surface area contributed by atoms with Crippen LogP contribution in [0.5, 0.6) is 0 Å². The van der Waals surface area contributed by atoms with Crippen molar-refractivity contribution >= 4 is 15.7 Å². The lowest BCUT2D eigenvalue weighted by Gasteiger charge is -2.28. The van der Waals surface area contributed by atoms with Crippen molar-refractivity contribution in [2.75, 3.05) is 24.6 Å². The first-order valence-electron chi connectivity index (χ1n) is 10.1. The number of nitrogens with zero attached hydrogens (tertiary/aromatic N) is 5. The van der Waals surface area contributed by atoms with E-state index < -0.39 is 9.84 Å². The van der Waals surface area contributed by atoms with Crippen molar-refractivity contribution in [2.24, 2.45) is 0 Å². The van der Waals surface area contributed by atoms with Gasteiger partial charge in [0.15, 0.2) is 9.84 Å². The van der Waals surface area contributed by atoms with Gasteiger partial charge in [0.05, 0.1) is 24.1 Å². The average molecular weight is 419 g/mol.